The van der Waals surface area contributed by atoms with Crippen LogP contribution in [0.1, 0.15) is 22.8 Å². The molecular weight excluding hydrogens is 314 g/mol. The van der Waals surface area contributed by atoms with Gasteiger partial charge in [0.05, 0.1) is 10.8 Å². The van der Waals surface area contributed by atoms with E-state index in [2.05, 4.69) is 0 Å². The summed E-state index contributed by atoms with van der Waals surface area (Å²) in [5.41, 5.74) is 0.955. The van der Waals surface area contributed by atoms with Gasteiger partial charge < -0.3 is 0 Å². The predicted octanol–water partition coefficient (Wildman–Crippen LogP) is 5.12. The maximum Gasteiger partial charge on any atom is 0.178 e. The van der Waals surface area contributed by atoms with Gasteiger partial charge in [-0.1, -0.05) is 23.7 Å². The number of hydrogen-bond acceptors (Lipinski definition) is 2. The van der Waals surface area contributed by atoms with Crippen molar-refractivity contribution in [1.29, 1.82) is 0 Å². The molecule has 110 valence electrons. The summed E-state index contributed by atoms with van der Waals surface area (Å²) >= 11 is 7.20. The summed E-state index contributed by atoms with van der Waals surface area (Å²) in [5, 5.41) is 0.238. The van der Waals surface area contributed by atoms with Crippen LogP contribution in [-0.2, 0) is 5.75 Å². The van der Waals surface area contributed by atoms with E-state index in [-0.39, 0.29) is 11.3 Å². The van der Waals surface area contributed by atoms with Gasteiger partial charge in [-0.3, -0.25) is 4.79 Å². The van der Waals surface area contributed by atoms with E-state index in [1.54, 1.807) is 19.1 Å². The van der Waals surface area contributed by atoms with Crippen LogP contribution in [0.25, 0.3) is 0 Å². The van der Waals surface area contributed by atoms with Crippen molar-refractivity contribution in [1.82, 2.24) is 0 Å². The van der Waals surface area contributed by atoms with Gasteiger partial charge in [0.15, 0.2) is 5.78 Å². The minimum Gasteiger partial charge on any atom is -0.293 e. The Labute approximate surface area is 131 Å². The van der Waals surface area contributed by atoms with Crippen LogP contribution in [0, 0.1) is 11.6 Å². The highest BCUT2D eigenvalue weighted by Crippen LogP contribution is 2.23. The summed E-state index contributed by atoms with van der Waals surface area (Å²) < 4.78 is 26.4. The molecule has 2 rings (SSSR count). The summed E-state index contributed by atoms with van der Waals surface area (Å²) in [6, 6.07) is 10.3. The molecule has 0 saturated heterocycles. The largest absolute Gasteiger partial charge is 0.293 e. The van der Waals surface area contributed by atoms with Crippen LogP contribution in [0.3, 0.4) is 0 Å². The molecule has 0 aromatic heterocycles. The van der Waals surface area contributed by atoms with E-state index in [0.717, 1.165) is 17.7 Å². The van der Waals surface area contributed by atoms with Crippen LogP contribution in [0.5, 0.6) is 0 Å². The lowest BCUT2D eigenvalue weighted by Crippen LogP contribution is -2.15. The first-order valence-electron chi connectivity index (χ1n) is 6.32. The lowest BCUT2D eigenvalue weighted by molar-refractivity contribution is 0.0990. The fourth-order valence-corrected chi connectivity index (χ4v) is 2.83. The van der Waals surface area contributed by atoms with Crippen LogP contribution < -0.4 is 0 Å². The number of thioether (sulfide) groups is 1. The second-order valence-corrected chi connectivity index (χ2v) is 6.33. The SMILES string of the molecule is CC(SCc1ccc(Cl)cc1)C(=O)c1ccc(F)cc1F. The molecule has 0 aliphatic rings. The van der Waals surface area contributed by atoms with Gasteiger partial charge in [-0.05, 0) is 36.8 Å². The van der Waals surface area contributed by atoms with Gasteiger partial charge in [0.2, 0.25) is 0 Å². The number of rotatable bonds is 5. The van der Waals surface area contributed by atoms with Crippen molar-refractivity contribution in [3.8, 4) is 0 Å². The number of carbonyl (C=O) groups is 1. The standard InChI is InChI=1S/C16H13ClF2OS/c1-10(21-9-11-2-4-12(17)5-3-11)16(20)14-7-6-13(18)8-15(14)19/h2-8,10H,9H2,1H3. The Bertz CT molecular complexity index is 643. The second-order valence-electron chi connectivity index (χ2n) is 4.57. The number of benzene rings is 2. The van der Waals surface area contributed by atoms with Gasteiger partial charge in [-0.2, -0.15) is 0 Å². The molecule has 1 atom stereocenters. The number of ketones is 1. The lowest BCUT2D eigenvalue weighted by Gasteiger charge is -2.11. The molecule has 0 N–H and O–H groups in total. The van der Waals surface area contributed by atoms with Crippen LogP contribution in [0.2, 0.25) is 5.02 Å². The van der Waals surface area contributed by atoms with Crippen molar-refractivity contribution in [2.75, 3.05) is 0 Å². The molecule has 2 aromatic carbocycles. The molecule has 1 unspecified atom stereocenters. The van der Waals surface area contributed by atoms with Gasteiger partial charge in [0, 0.05) is 16.8 Å². The van der Waals surface area contributed by atoms with E-state index < -0.39 is 16.9 Å². The first-order chi connectivity index (χ1) is 9.97. The van der Waals surface area contributed by atoms with Gasteiger partial charge in [-0.25, -0.2) is 8.78 Å². The zero-order chi connectivity index (χ0) is 15.4. The number of halogens is 3. The van der Waals surface area contributed by atoms with E-state index in [4.69, 9.17) is 11.6 Å². The molecule has 0 aliphatic carbocycles. The zero-order valence-electron chi connectivity index (χ0n) is 11.3. The summed E-state index contributed by atoms with van der Waals surface area (Å²) in [6.45, 7) is 1.71. The van der Waals surface area contributed by atoms with Gasteiger partial charge in [-0.15, -0.1) is 11.8 Å². The molecule has 21 heavy (non-hydrogen) atoms. The zero-order valence-corrected chi connectivity index (χ0v) is 12.8. The molecule has 0 radical (unpaired) electrons. The first kappa shape index (κ1) is 16.0. The molecule has 1 nitrogen and oxygen atoms in total. The number of Topliss-reactive ketones (excluding diaryl/α,β-unsaturated/α-hetero) is 1. The maximum atomic E-state index is 13.6. The fourth-order valence-electron chi connectivity index (χ4n) is 1.79. The number of carbonyl (C=O) groups excluding carboxylic acids is 1. The third-order valence-electron chi connectivity index (χ3n) is 2.98. The van der Waals surface area contributed by atoms with Gasteiger partial charge in [0.25, 0.3) is 0 Å². The quantitative estimate of drug-likeness (QED) is 0.709. The summed E-state index contributed by atoms with van der Waals surface area (Å²) in [4.78, 5) is 12.1. The molecule has 5 heteroatoms. The van der Waals surface area contributed by atoms with Gasteiger partial charge in [0.1, 0.15) is 11.6 Å². The molecule has 0 bridgehead atoms. The van der Waals surface area contributed by atoms with Crippen molar-refractivity contribution in [3.63, 3.8) is 0 Å². The maximum absolute atomic E-state index is 13.6. The Balaban J connectivity index is 2.00. The van der Waals surface area contributed by atoms with Crippen LogP contribution in [-0.4, -0.2) is 11.0 Å². The Hall–Kier alpha value is -1.39. The van der Waals surface area contributed by atoms with E-state index in [1.807, 2.05) is 12.1 Å². The highest BCUT2D eigenvalue weighted by molar-refractivity contribution is 7.99. The van der Waals surface area contributed by atoms with Gasteiger partial charge >= 0.3 is 0 Å². The highest BCUT2D eigenvalue weighted by atomic mass is 35.5. The Morgan fingerprint density at radius 3 is 2.48 bits per heavy atom. The Morgan fingerprint density at radius 2 is 1.86 bits per heavy atom. The van der Waals surface area contributed by atoms with Crippen LogP contribution in [0.4, 0.5) is 8.78 Å². The Morgan fingerprint density at radius 1 is 1.19 bits per heavy atom. The minimum atomic E-state index is -0.820. The number of hydrogen-bond donors (Lipinski definition) is 0. The van der Waals surface area contributed by atoms with Crippen molar-refractivity contribution in [3.05, 3.63) is 70.2 Å². The minimum absolute atomic E-state index is 0.0764. The molecule has 2 aromatic rings. The highest BCUT2D eigenvalue weighted by Gasteiger charge is 2.19. The molecule has 0 aliphatic heterocycles. The van der Waals surface area contributed by atoms with Crippen molar-refractivity contribution in [2.24, 2.45) is 0 Å². The lowest BCUT2D eigenvalue weighted by atomic mass is 10.1. The topological polar surface area (TPSA) is 17.1 Å². The van der Waals surface area contributed by atoms with Crippen molar-refractivity contribution >= 4 is 29.1 Å². The van der Waals surface area contributed by atoms with Crippen LogP contribution in [0.15, 0.2) is 42.5 Å². The summed E-state index contributed by atoms with van der Waals surface area (Å²) in [7, 11) is 0. The van der Waals surface area contributed by atoms with E-state index in [0.29, 0.717) is 10.8 Å². The normalized spacial score (nSPS) is 12.2. The average Bonchev–Trinajstić information content (AvgIpc) is 2.45. The van der Waals surface area contributed by atoms with E-state index in [1.165, 1.54) is 17.8 Å². The monoisotopic (exact) mass is 326 g/mol. The Kier molecular flexibility index (Phi) is 5.37. The first-order valence-corrected chi connectivity index (χ1v) is 7.75. The van der Waals surface area contributed by atoms with Crippen LogP contribution >= 0.6 is 23.4 Å². The third kappa shape index (κ3) is 4.29. The molecule has 0 fully saturated rings. The second kappa shape index (κ2) is 7.05. The smallest absolute Gasteiger partial charge is 0.178 e. The van der Waals surface area contributed by atoms with E-state index >= 15 is 0 Å². The third-order valence-corrected chi connectivity index (χ3v) is 4.45. The van der Waals surface area contributed by atoms with Crippen molar-refractivity contribution < 1.29 is 13.6 Å². The molecule has 0 saturated carbocycles. The van der Waals surface area contributed by atoms with E-state index in [9.17, 15) is 13.6 Å². The molecule has 0 heterocycles. The summed E-state index contributed by atoms with van der Waals surface area (Å²) in [5.74, 6) is -1.23. The van der Waals surface area contributed by atoms with Crippen molar-refractivity contribution in [2.45, 2.75) is 17.9 Å². The molecular formula is C16H13ClF2OS. The molecule has 0 amide bonds. The fraction of sp³-hybridized carbons (Fsp3) is 0.188. The summed E-state index contributed by atoms with van der Waals surface area (Å²) in [6.07, 6.45) is 0. The average molecular weight is 327 g/mol. The predicted molar refractivity (Wildman–Crippen MR) is 82.9 cm³/mol. The molecule has 0 spiro atoms.